The first-order chi connectivity index (χ1) is 21.1. The number of carbonyl (C=O) groups excluding carboxylic acids is 1. The van der Waals surface area contributed by atoms with Crippen LogP contribution in [0, 0.1) is 11.0 Å². The number of rotatable bonds is 10. The van der Waals surface area contributed by atoms with Crippen LogP contribution in [-0.4, -0.2) is 49.6 Å². The van der Waals surface area contributed by atoms with Crippen molar-refractivity contribution in [3.05, 3.63) is 119 Å². The summed E-state index contributed by atoms with van der Waals surface area (Å²) in [5.74, 6) is 0.864. The van der Waals surface area contributed by atoms with Gasteiger partial charge in [0, 0.05) is 49.2 Å². The summed E-state index contributed by atoms with van der Waals surface area (Å²) in [6.07, 6.45) is 3.98. The van der Waals surface area contributed by atoms with E-state index in [2.05, 4.69) is 14.9 Å². The van der Waals surface area contributed by atoms with Crippen LogP contribution in [0.5, 0.6) is 11.5 Å². The van der Waals surface area contributed by atoms with Crippen LogP contribution in [0.25, 0.3) is 0 Å². The number of sulfonamides is 1. The van der Waals surface area contributed by atoms with E-state index in [9.17, 15) is 22.8 Å². The number of urea groups is 1. The molecule has 0 bridgehead atoms. The topological polar surface area (TPSA) is 118 Å². The van der Waals surface area contributed by atoms with Crippen LogP contribution in [-0.2, 0) is 23.1 Å². The van der Waals surface area contributed by atoms with Crippen LogP contribution in [0.2, 0.25) is 0 Å². The Morgan fingerprint density at radius 1 is 0.955 bits per heavy atom. The molecule has 44 heavy (non-hydrogen) atoms. The van der Waals surface area contributed by atoms with E-state index in [4.69, 9.17) is 4.74 Å². The maximum atomic E-state index is 13.4. The Kier molecular flexibility index (Phi) is 9.61. The predicted molar refractivity (Wildman–Crippen MR) is 166 cm³/mol. The molecule has 2 amide bonds. The zero-order valence-electron chi connectivity index (χ0n) is 24.2. The first kappa shape index (κ1) is 30.8. The molecule has 0 atom stereocenters. The van der Waals surface area contributed by atoms with E-state index in [1.807, 2.05) is 24.3 Å². The number of amides is 2. The lowest BCUT2D eigenvalue weighted by molar-refractivity contribution is -0.615. The van der Waals surface area contributed by atoms with Crippen molar-refractivity contribution >= 4 is 27.4 Å². The average Bonchev–Trinajstić information content (AvgIpc) is 3.00. The Bertz CT molecular complexity index is 1660. The number of piperidine rings is 1. The molecule has 1 saturated heterocycles. The predicted octanol–water partition coefficient (Wildman–Crippen LogP) is 5.32. The van der Waals surface area contributed by atoms with Gasteiger partial charge in [0.25, 0.3) is 0 Å². The number of likely N-dealkylation sites (tertiary alicyclic amines) is 1. The molecule has 1 aliphatic rings. The van der Waals surface area contributed by atoms with Crippen molar-refractivity contribution in [2.75, 3.05) is 29.4 Å². The maximum absolute atomic E-state index is 13.4. The van der Waals surface area contributed by atoms with Crippen molar-refractivity contribution in [1.29, 1.82) is 0 Å². The van der Waals surface area contributed by atoms with Crippen LogP contribution in [0.4, 0.5) is 20.6 Å². The number of anilines is 2. The molecule has 2 N–H and O–H groups in total. The molecule has 0 radical (unpaired) electrons. The smallest absolute Gasteiger partial charge is 0.322 e. The largest absolute Gasteiger partial charge is 0.618 e. The Morgan fingerprint density at radius 3 is 2.18 bits per heavy atom. The number of carbonyl (C=O) groups is 1. The number of ether oxygens (including phenoxy) is 1. The SMILES string of the molecule is CS(=O)(=O)Nc1ccc(Oc2ccc(CN3CCC(N(Cc4cccc[n+]4[O-])C(=O)Nc4ccc(F)cc4)CC3)cc2)cc1. The van der Waals surface area contributed by atoms with E-state index in [0.29, 0.717) is 28.6 Å². The molecule has 1 fully saturated rings. The number of benzene rings is 3. The Hall–Kier alpha value is -4.68. The van der Waals surface area contributed by atoms with E-state index in [1.54, 1.807) is 47.4 Å². The van der Waals surface area contributed by atoms with E-state index in [0.717, 1.165) is 49.0 Å². The summed E-state index contributed by atoms with van der Waals surface area (Å²) in [4.78, 5) is 17.4. The molecule has 0 saturated carbocycles. The summed E-state index contributed by atoms with van der Waals surface area (Å²) >= 11 is 0. The van der Waals surface area contributed by atoms with Gasteiger partial charge < -0.3 is 20.2 Å². The van der Waals surface area contributed by atoms with Crippen LogP contribution >= 0.6 is 0 Å². The lowest BCUT2D eigenvalue weighted by Crippen LogP contribution is -2.49. The molecule has 4 aromatic rings. The molecule has 5 rings (SSSR count). The van der Waals surface area contributed by atoms with Gasteiger partial charge in [-0.25, -0.2) is 17.6 Å². The molecule has 1 aliphatic heterocycles. The third-order valence-corrected chi connectivity index (χ3v) is 7.92. The number of pyridine rings is 1. The van der Waals surface area contributed by atoms with Crippen molar-refractivity contribution < 1.29 is 27.1 Å². The highest BCUT2D eigenvalue weighted by Gasteiger charge is 2.30. The maximum Gasteiger partial charge on any atom is 0.322 e. The van der Waals surface area contributed by atoms with Gasteiger partial charge in [-0.05, 0) is 85.1 Å². The van der Waals surface area contributed by atoms with Crippen LogP contribution in [0.1, 0.15) is 24.1 Å². The van der Waals surface area contributed by atoms with Crippen molar-refractivity contribution in [1.82, 2.24) is 9.80 Å². The number of hydrogen-bond acceptors (Lipinski definition) is 6. The molecule has 2 heterocycles. The van der Waals surface area contributed by atoms with Gasteiger partial charge in [0.05, 0.1) is 6.26 Å². The Balaban J connectivity index is 1.17. The summed E-state index contributed by atoms with van der Waals surface area (Å²) in [6.45, 7) is 2.42. The molecule has 230 valence electrons. The molecule has 3 aromatic carbocycles. The molecule has 0 aliphatic carbocycles. The van der Waals surface area contributed by atoms with E-state index >= 15 is 0 Å². The molecule has 10 nitrogen and oxygen atoms in total. The fourth-order valence-corrected chi connectivity index (χ4v) is 5.67. The van der Waals surface area contributed by atoms with E-state index in [1.165, 1.54) is 30.5 Å². The minimum Gasteiger partial charge on any atom is -0.618 e. The number of nitrogens with one attached hydrogen (secondary N) is 2. The van der Waals surface area contributed by atoms with E-state index < -0.39 is 10.0 Å². The van der Waals surface area contributed by atoms with Crippen molar-refractivity contribution in [3.63, 3.8) is 0 Å². The lowest BCUT2D eigenvalue weighted by Gasteiger charge is -2.38. The summed E-state index contributed by atoms with van der Waals surface area (Å²) in [5, 5.41) is 15.2. The first-order valence-electron chi connectivity index (χ1n) is 14.2. The van der Waals surface area contributed by atoms with Crippen molar-refractivity contribution in [2.24, 2.45) is 0 Å². The number of hydrogen-bond donors (Lipinski definition) is 2. The minimum absolute atomic E-state index is 0.0818. The van der Waals surface area contributed by atoms with Gasteiger partial charge in [0.1, 0.15) is 23.9 Å². The van der Waals surface area contributed by atoms with Gasteiger partial charge in [0.15, 0.2) is 6.20 Å². The minimum atomic E-state index is -3.34. The Morgan fingerprint density at radius 2 is 1.57 bits per heavy atom. The quantitative estimate of drug-likeness (QED) is 0.183. The second kappa shape index (κ2) is 13.7. The van der Waals surface area contributed by atoms with Crippen LogP contribution in [0.3, 0.4) is 0 Å². The second-order valence-electron chi connectivity index (χ2n) is 10.7. The molecule has 0 spiro atoms. The fraction of sp³-hybridized carbons (Fsp3) is 0.250. The number of halogens is 1. The van der Waals surface area contributed by atoms with Crippen LogP contribution in [0.15, 0.2) is 97.2 Å². The van der Waals surface area contributed by atoms with Gasteiger partial charge in [-0.1, -0.05) is 12.1 Å². The monoisotopic (exact) mass is 619 g/mol. The number of nitrogens with zero attached hydrogens (tertiary/aromatic N) is 3. The van der Waals surface area contributed by atoms with E-state index in [-0.39, 0.29) is 24.4 Å². The Labute approximate surface area is 256 Å². The third-order valence-electron chi connectivity index (χ3n) is 7.31. The highest BCUT2D eigenvalue weighted by molar-refractivity contribution is 7.92. The summed E-state index contributed by atoms with van der Waals surface area (Å²) in [5.41, 5.74) is 2.53. The van der Waals surface area contributed by atoms with Gasteiger partial charge in [-0.2, -0.15) is 4.73 Å². The van der Waals surface area contributed by atoms with Gasteiger partial charge in [0.2, 0.25) is 15.7 Å². The first-order valence-corrected chi connectivity index (χ1v) is 16.1. The molecular formula is C32H34FN5O5S. The third kappa shape index (κ3) is 8.68. The zero-order chi connectivity index (χ0) is 31.1. The molecule has 0 unspecified atom stereocenters. The van der Waals surface area contributed by atoms with Crippen molar-refractivity contribution in [2.45, 2.75) is 32.0 Å². The fourth-order valence-electron chi connectivity index (χ4n) is 5.11. The zero-order valence-corrected chi connectivity index (χ0v) is 25.0. The number of aromatic nitrogens is 1. The lowest BCUT2D eigenvalue weighted by atomic mass is 10.0. The average molecular weight is 620 g/mol. The highest BCUT2D eigenvalue weighted by atomic mass is 32.2. The standard InChI is InChI=1S/C32H34FN5O5S/c1-44(41,42)35-27-11-15-31(16-12-27)43-30-13-5-24(6-14-30)22-36-20-17-28(18-21-36)37(23-29-4-2-3-19-38(29)40)32(39)34-26-9-7-25(33)8-10-26/h2-16,19,28,35H,17-18,20-23H2,1H3,(H,34,39). The van der Waals surface area contributed by atoms with Crippen molar-refractivity contribution in [3.8, 4) is 11.5 Å². The summed E-state index contributed by atoms with van der Waals surface area (Å²) < 4.78 is 45.2. The van der Waals surface area contributed by atoms with Gasteiger partial charge in [-0.15, -0.1) is 0 Å². The van der Waals surface area contributed by atoms with Gasteiger partial charge in [-0.3, -0.25) is 9.62 Å². The second-order valence-corrected chi connectivity index (χ2v) is 12.5. The summed E-state index contributed by atoms with van der Waals surface area (Å²) in [6, 6.07) is 24.8. The summed E-state index contributed by atoms with van der Waals surface area (Å²) in [7, 11) is -3.34. The highest BCUT2D eigenvalue weighted by Crippen LogP contribution is 2.25. The van der Waals surface area contributed by atoms with Gasteiger partial charge >= 0.3 is 6.03 Å². The molecular weight excluding hydrogens is 585 g/mol. The molecule has 12 heteroatoms. The molecule has 1 aromatic heterocycles. The normalized spacial score (nSPS) is 14.1. The van der Waals surface area contributed by atoms with Crippen LogP contribution < -0.4 is 19.5 Å².